The Labute approximate surface area is 101 Å². The van der Waals surface area contributed by atoms with Crippen LogP contribution in [0.4, 0.5) is 0 Å². The Bertz CT molecular complexity index is 479. The van der Waals surface area contributed by atoms with Gasteiger partial charge in [-0.05, 0) is 30.4 Å². The van der Waals surface area contributed by atoms with Crippen molar-refractivity contribution in [2.45, 2.75) is 31.8 Å². The third-order valence-electron chi connectivity index (χ3n) is 3.43. The Morgan fingerprint density at radius 1 is 1.29 bits per heavy atom. The molecule has 0 bridgehead atoms. The Morgan fingerprint density at radius 3 is 3.00 bits per heavy atom. The first kappa shape index (κ1) is 10.5. The predicted molar refractivity (Wildman–Crippen MR) is 65.6 cm³/mol. The molecule has 3 heteroatoms. The van der Waals surface area contributed by atoms with Crippen LogP contribution in [0.3, 0.4) is 0 Å². The number of hydrogen-bond donors (Lipinski definition) is 1. The van der Waals surface area contributed by atoms with Crippen LogP contribution in [-0.2, 0) is 19.4 Å². The van der Waals surface area contributed by atoms with Crippen LogP contribution in [0.5, 0.6) is 0 Å². The molecule has 1 heterocycles. The lowest BCUT2D eigenvalue weighted by Gasteiger charge is -2.25. The fourth-order valence-electron chi connectivity index (χ4n) is 2.45. The summed E-state index contributed by atoms with van der Waals surface area (Å²) in [6, 6.07) is 9.30. The molecule has 17 heavy (non-hydrogen) atoms. The molecule has 0 amide bonds. The first-order valence-electron chi connectivity index (χ1n) is 6.10. The minimum Gasteiger partial charge on any atom is -0.364 e. The molecular weight excluding hydrogens is 212 g/mol. The van der Waals surface area contributed by atoms with E-state index in [1.165, 1.54) is 24.0 Å². The Balaban J connectivity index is 1.61. The molecule has 0 spiro atoms. The quantitative estimate of drug-likeness (QED) is 0.876. The molecule has 3 nitrogen and oxygen atoms in total. The molecule has 0 fully saturated rings. The highest BCUT2D eigenvalue weighted by molar-refractivity contribution is 5.30. The SMILES string of the molecule is c1ccc2c(c1)CCC(NCc1cnoc1)C2. The summed E-state index contributed by atoms with van der Waals surface area (Å²) in [4.78, 5) is 0. The van der Waals surface area contributed by atoms with Crippen LogP contribution in [0.1, 0.15) is 23.1 Å². The first-order valence-corrected chi connectivity index (χ1v) is 6.10. The van der Waals surface area contributed by atoms with Crippen molar-refractivity contribution in [2.24, 2.45) is 0 Å². The van der Waals surface area contributed by atoms with Crippen LogP contribution < -0.4 is 5.32 Å². The van der Waals surface area contributed by atoms with Gasteiger partial charge in [0.25, 0.3) is 0 Å². The predicted octanol–water partition coefficient (Wildman–Crippen LogP) is 2.32. The molecule has 0 aliphatic heterocycles. The third kappa shape index (κ3) is 2.39. The number of aryl methyl sites for hydroxylation is 1. The molecule has 88 valence electrons. The van der Waals surface area contributed by atoms with E-state index in [4.69, 9.17) is 4.52 Å². The van der Waals surface area contributed by atoms with Gasteiger partial charge in [-0.2, -0.15) is 0 Å². The Morgan fingerprint density at radius 2 is 2.18 bits per heavy atom. The third-order valence-corrected chi connectivity index (χ3v) is 3.43. The summed E-state index contributed by atoms with van der Waals surface area (Å²) in [7, 11) is 0. The summed E-state index contributed by atoms with van der Waals surface area (Å²) in [5.41, 5.74) is 4.11. The van der Waals surface area contributed by atoms with Gasteiger partial charge < -0.3 is 9.84 Å². The van der Waals surface area contributed by atoms with Gasteiger partial charge in [0, 0.05) is 18.2 Å². The molecule has 1 aliphatic rings. The van der Waals surface area contributed by atoms with Crippen molar-refractivity contribution in [1.82, 2.24) is 10.5 Å². The number of aromatic nitrogens is 1. The van der Waals surface area contributed by atoms with Crippen LogP contribution in [-0.4, -0.2) is 11.2 Å². The van der Waals surface area contributed by atoms with E-state index in [1.54, 1.807) is 12.5 Å². The average Bonchev–Trinajstić information content (AvgIpc) is 2.89. The zero-order valence-corrected chi connectivity index (χ0v) is 9.73. The monoisotopic (exact) mass is 228 g/mol. The fourth-order valence-corrected chi connectivity index (χ4v) is 2.45. The molecule has 1 N–H and O–H groups in total. The minimum atomic E-state index is 0.569. The van der Waals surface area contributed by atoms with Crippen LogP contribution in [0.15, 0.2) is 41.2 Å². The average molecular weight is 228 g/mol. The van der Waals surface area contributed by atoms with Crippen molar-refractivity contribution >= 4 is 0 Å². The number of benzene rings is 1. The first-order chi connectivity index (χ1) is 8.42. The van der Waals surface area contributed by atoms with E-state index in [9.17, 15) is 0 Å². The van der Waals surface area contributed by atoms with E-state index in [2.05, 4.69) is 34.7 Å². The molecule has 1 unspecified atom stereocenters. The zero-order valence-electron chi connectivity index (χ0n) is 9.73. The minimum absolute atomic E-state index is 0.569. The summed E-state index contributed by atoms with van der Waals surface area (Å²) < 4.78 is 4.82. The van der Waals surface area contributed by atoms with Gasteiger partial charge in [-0.25, -0.2) is 0 Å². The number of nitrogens with one attached hydrogen (secondary N) is 1. The lowest BCUT2D eigenvalue weighted by molar-refractivity contribution is 0.416. The van der Waals surface area contributed by atoms with Gasteiger partial charge in [-0.3, -0.25) is 0 Å². The molecule has 2 aromatic rings. The lowest BCUT2D eigenvalue weighted by Crippen LogP contribution is -2.33. The fraction of sp³-hybridized carbons (Fsp3) is 0.357. The standard InChI is InChI=1S/C14H16N2O/c1-2-4-13-7-14(6-5-12(13)3-1)15-8-11-9-16-17-10-11/h1-4,9-10,14-15H,5-8H2. The highest BCUT2D eigenvalue weighted by Gasteiger charge is 2.17. The summed E-state index contributed by atoms with van der Waals surface area (Å²) in [6.45, 7) is 0.844. The molecule has 0 saturated heterocycles. The highest BCUT2D eigenvalue weighted by atomic mass is 16.5. The van der Waals surface area contributed by atoms with Gasteiger partial charge in [-0.15, -0.1) is 0 Å². The van der Waals surface area contributed by atoms with E-state index in [0.717, 1.165) is 18.5 Å². The lowest BCUT2D eigenvalue weighted by atomic mass is 9.88. The van der Waals surface area contributed by atoms with Gasteiger partial charge in [-0.1, -0.05) is 29.4 Å². The van der Waals surface area contributed by atoms with Gasteiger partial charge >= 0.3 is 0 Å². The molecule has 1 aromatic heterocycles. The second kappa shape index (κ2) is 4.72. The maximum absolute atomic E-state index is 4.82. The van der Waals surface area contributed by atoms with Crippen LogP contribution >= 0.6 is 0 Å². The van der Waals surface area contributed by atoms with E-state index in [1.807, 2.05) is 0 Å². The van der Waals surface area contributed by atoms with E-state index in [0.29, 0.717) is 6.04 Å². The smallest absolute Gasteiger partial charge is 0.128 e. The number of fused-ring (bicyclic) bond motifs is 1. The summed E-state index contributed by atoms with van der Waals surface area (Å²) in [5, 5.41) is 7.27. The summed E-state index contributed by atoms with van der Waals surface area (Å²) in [5.74, 6) is 0. The van der Waals surface area contributed by atoms with Crippen molar-refractivity contribution in [3.8, 4) is 0 Å². The Hall–Kier alpha value is -1.61. The van der Waals surface area contributed by atoms with Gasteiger partial charge in [0.05, 0.1) is 6.20 Å². The van der Waals surface area contributed by atoms with Crippen molar-refractivity contribution in [2.75, 3.05) is 0 Å². The van der Waals surface area contributed by atoms with E-state index >= 15 is 0 Å². The van der Waals surface area contributed by atoms with Crippen LogP contribution in [0, 0.1) is 0 Å². The summed E-state index contributed by atoms with van der Waals surface area (Å²) >= 11 is 0. The van der Waals surface area contributed by atoms with Crippen molar-refractivity contribution < 1.29 is 4.52 Å². The zero-order chi connectivity index (χ0) is 11.5. The maximum atomic E-state index is 4.82. The van der Waals surface area contributed by atoms with Crippen molar-refractivity contribution in [3.05, 3.63) is 53.4 Å². The van der Waals surface area contributed by atoms with Crippen LogP contribution in [0.25, 0.3) is 0 Å². The number of rotatable bonds is 3. The largest absolute Gasteiger partial charge is 0.364 e. The van der Waals surface area contributed by atoms with Crippen molar-refractivity contribution in [1.29, 1.82) is 0 Å². The molecule has 0 radical (unpaired) electrons. The van der Waals surface area contributed by atoms with Gasteiger partial charge in [0.15, 0.2) is 0 Å². The normalized spacial score (nSPS) is 18.9. The summed E-state index contributed by atoms with van der Waals surface area (Å²) in [6.07, 6.45) is 6.98. The number of nitrogens with zero attached hydrogens (tertiary/aromatic N) is 1. The van der Waals surface area contributed by atoms with Gasteiger partial charge in [0.1, 0.15) is 6.26 Å². The molecule has 1 atom stereocenters. The topological polar surface area (TPSA) is 38.1 Å². The van der Waals surface area contributed by atoms with Crippen LogP contribution in [0.2, 0.25) is 0 Å². The number of hydrogen-bond acceptors (Lipinski definition) is 3. The second-order valence-electron chi connectivity index (χ2n) is 4.62. The van der Waals surface area contributed by atoms with E-state index in [-0.39, 0.29) is 0 Å². The Kier molecular flexibility index (Phi) is 2.92. The molecule has 1 aromatic carbocycles. The van der Waals surface area contributed by atoms with Gasteiger partial charge in [0.2, 0.25) is 0 Å². The molecule has 1 aliphatic carbocycles. The highest BCUT2D eigenvalue weighted by Crippen LogP contribution is 2.21. The van der Waals surface area contributed by atoms with Crippen molar-refractivity contribution in [3.63, 3.8) is 0 Å². The maximum Gasteiger partial charge on any atom is 0.128 e. The molecular formula is C14H16N2O. The van der Waals surface area contributed by atoms with E-state index < -0.39 is 0 Å². The molecule has 3 rings (SSSR count). The molecule has 0 saturated carbocycles. The second-order valence-corrected chi connectivity index (χ2v) is 4.62.